The van der Waals surface area contributed by atoms with Crippen LogP contribution in [0.5, 0.6) is 5.75 Å². The molecule has 1 N–H and O–H groups in total. The van der Waals surface area contributed by atoms with Crippen molar-refractivity contribution < 1.29 is 14.6 Å². The van der Waals surface area contributed by atoms with Crippen LogP contribution in [0, 0.1) is 18.3 Å². The molecule has 1 rings (SSSR count). The highest BCUT2D eigenvalue weighted by Gasteiger charge is 2.07. The van der Waals surface area contributed by atoms with Crippen molar-refractivity contribution in [2.24, 2.45) is 0 Å². The Kier molecular flexibility index (Phi) is 3.08. The molecule has 1 aromatic rings. The number of carbonyl (C=O) groups excluding carboxylic acids is 1. The SMILES string of the molecule is Cc1cc(C(=O)OCC#N)ccc1O. The summed E-state index contributed by atoms with van der Waals surface area (Å²) in [7, 11) is 0. The lowest BCUT2D eigenvalue weighted by Crippen LogP contribution is -2.05. The molecular weight excluding hydrogens is 182 g/mol. The molecule has 0 radical (unpaired) electrons. The molecule has 0 saturated heterocycles. The van der Waals surface area contributed by atoms with Crippen LogP contribution < -0.4 is 0 Å². The molecule has 0 aliphatic rings. The Balaban J connectivity index is 2.82. The van der Waals surface area contributed by atoms with Crippen LogP contribution in [0.25, 0.3) is 0 Å². The third-order valence-corrected chi connectivity index (χ3v) is 1.70. The highest BCUT2D eigenvalue weighted by atomic mass is 16.5. The predicted octanol–water partition coefficient (Wildman–Crippen LogP) is 1.38. The highest BCUT2D eigenvalue weighted by molar-refractivity contribution is 5.89. The number of nitriles is 1. The van der Waals surface area contributed by atoms with E-state index in [-0.39, 0.29) is 12.4 Å². The lowest BCUT2D eigenvalue weighted by Gasteiger charge is -2.02. The van der Waals surface area contributed by atoms with E-state index in [9.17, 15) is 9.90 Å². The molecule has 0 heterocycles. The molecule has 0 amide bonds. The van der Waals surface area contributed by atoms with E-state index in [2.05, 4.69) is 4.74 Å². The van der Waals surface area contributed by atoms with E-state index in [0.29, 0.717) is 11.1 Å². The number of aryl methyl sites for hydroxylation is 1. The summed E-state index contributed by atoms with van der Waals surface area (Å²) in [6.45, 7) is 1.41. The number of hydrogen-bond donors (Lipinski definition) is 1. The minimum atomic E-state index is -0.561. The molecule has 1 aromatic carbocycles. The summed E-state index contributed by atoms with van der Waals surface area (Å²) in [6.07, 6.45) is 0. The van der Waals surface area contributed by atoms with Crippen molar-refractivity contribution >= 4 is 5.97 Å². The summed E-state index contributed by atoms with van der Waals surface area (Å²) in [5.41, 5.74) is 0.923. The van der Waals surface area contributed by atoms with Gasteiger partial charge in [0.2, 0.25) is 0 Å². The normalized spacial score (nSPS) is 9.14. The minimum absolute atomic E-state index is 0.127. The largest absolute Gasteiger partial charge is 0.508 e. The number of hydrogen-bond acceptors (Lipinski definition) is 4. The van der Waals surface area contributed by atoms with Gasteiger partial charge in [0.1, 0.15) is 11.8 Å². The van der Waals surface area contributed by atoms with Gasteiger partial charge in [-0.3, -0.25) is 0 Å². The fourth-order valence-electron chi connectivity index (χ4n) is 0.964. The van der Waals surface area contributed by atoms with E-state index < -0.39 is 5.97 Å². The lowest BCUT2D eigenvalue weighted by atomic mass is 10.1. The number of benzene rings is 1. The maximum atomic E-state index is 11.2. The number of phenols is 1. The first kappa shape index (κ1) is 10.1. The number of carbonyl (C=O) groups is 1. The van der Waals surface area contributed by atoms with Crippen molar-refractivity contribution in [2.45, 2.75) is 6.92 Å². The van der Waals surface area contributed by atoms with Crippen LogP contribution in [-0.4, -0.2) is 17.7 Å². The van der Waals surface area contributed by atoms with Gasteiger partial charge >= 0.3 is 5.97 Å². The summed E-state index contributed by atoms with van der Waals surface area (Å²) in [4.78, 5) is 11.2. The van der Waals surface area contributed by atoms with E-state index in [1.807, 2.05) is 0 Å². The fourth-order valence-corrected chi connectivity index (χ4v) is 0.964. The molecule has 0 fully saturated rings. The molecule has 14 heavy (non-hydrogen) atoms. The van der Waals surface area contributed by atoms with E-state index in [0.717, 1.165) is 0 Å². The highest BCUT2D eigenvalue weighted by Crippen LogP contribution is 2.17. The first-order chi connectivity index (χ1) is 6.65. The van der Waals surface area contributed by atoms with E-state index >= 15 is 0 Å². The van der Waals surface area contributed by atoms with Gasteiger partial charge in [-0.25, -0.2) is 4.79 Å². The van der Waals surface area contributed by atoms with Crippen molar-refractivity contribution in [1.29, 1.82) is 5.26 Å². The number of ether oxygens (including phenoxy) is 1. The molecule has 0 unspecified atom stereocenters. The summed E-state index contributed by atoms with van der Waals surface area (Å²) >= 11 is 0. The smallest absolute Gasteiger partial charge is 0.339 e. The Morgan fingerprint density at radius 1 is 1.64 bits per heavy atom. The van der Waals surface area contributed by atoms with Gasteiger partial charge in [0.25, 0.3) is 0 Å². The molecule has 72 valence electrons. The monoisotopic (exact) mass is 191 g/mol. The standard InChI is InChI=1S/C10H9NO3/c1-7-6-8(2-3-9(7)12)10(13)14-5-4-11/h2-3,6,12H,5H2,1H3. The van der Waals surface area contributed by atoms with E-state index in [1.165, 1.54) is 18.2 Å². The zero-order chi connectivity index (χ0) is 10.6. The van der Waals surface area contributed by atoms with Crippen LogP contribution in [0.15, 0.2) is 18.2 Å². The van der Waals surface area contributed by atoms with Gasteiger partial charge in [-0.05, 0) is 30.7 Å². The Bertz CT molecular complexity index is 393. The van der Waals surface area contributed by atoms with Crippen LogP contribution in [0.4, 0.5) is 0 Å². The second-order valence-corrected chi connectivity index (χ2v) is 2.74. The summed E-state index contributed by atoms with van der Waals surface area (Å²) in [5.74, 6) is -0.434. The van der Waals surface area contributed by atoms with E-state index in [1.54, 1.807) is 13.0 Å². The minimum Gasteiger partial charge on any atom is -0.508 e. The summed E-state index contributed by atoms with van der Waals surface area (Å²) < 4.78 is 4.59. The summed E-state index contributed by atoms with van der Waals surface area (Å²) in [5, 5.41) is 17.4. The van der Waals surface area contributed by atoms with Crippen molar-refractivity contribution in [3.8, 4) is 11.8 Å². The number of nitrogens with zero attached hydrogens (tertiary/aromatic N) is 1. The van der Waals surface area contributed by atoms with Gasteiger partial charge in [-0.2, -0.15) is 5.26 Å². The quantitative estimate of drug-likeness (QED) is 0.717. The average molecular weight is 191 g/mol. The zero-order valence-electron chi connectivity index (χ0n) is 7.65. The second-order valence-electron chi connectivity index (χ2n) is 2.74. The molecule has 0 bridgehead atoms. The molecular formula is C10H9NO3. The van der Waals surface area contributed by atoms with Gasteiger partial charge in [0, 0.05) is 0 Å². The van der Waals surface area contributed by atoms with Crippen molar-refractivity contribution in [3.05, 3.63) is 29.3 Å². The van der Waals surface area contributed by atoms with Crippen molar-refractivity contribution in [3.63, 3.8) is 0 Å². The topological polar surface area (TPSA) is 70.3 Å². The lowest BCUT2D eigenvalue weighted by molar-refractivity contribution is 0.0555. The van der Waals surface area contributed by atoms with Crippen LogP contribution in [0.3, 0.4) is 0 Å². The van der Waals surface area contributed by atoms with Crippen LogP contribution >= 0.6 is 0 Å². The van der Waals surface area contributed by atoms with E-state index in [4.69, 9.17) is 5.26 Å². The first-order valence-electron chi connectivity index (χ1n) is 3.99. The third-order valence-electron chi connectivity index (χ3n) is 1.70. The molecule has 4 nitrogen and oxygen atoms in total. The molecule has 0 aliphatic carbocycles. The van der Waals surface area contributed by atoms with Crippen molar-refractivity contribution in [1.82, 2.24) is 0 Å². The Morgan fingerprint density at radius 2 is 2.36 bits per heavy atom. The number of aromatic hydroxyl groups is 1. The molecule has 0 aromatic heterocycles. The number of esters is 1. The average Bonchev–Trinajstić information content (AvgIpc) is 2.18. The molecule has 0 spiro atoms. The third kappa shape index (κ3) is 2.23. The maximum absolute atomic E-state index is 11.2. The molecule has 0 saturated carbocycles. The first-order valence-corrected chi connectivity index (χ1v) is 3.99. The summed E-state index contributed by atoms with van der Waals surface area (Å²) in [6, 6.07) is 6.07. The molecule has 0 aliphatic heterocycles. The van der Waals surface area contributed by atoms with Gasteiger partial charge in [0.15, 0.2) is 6.61 Å². The van der Waals surface area contributed by atoms with Gasteiger partial charge < -0.3 is 9.84 Å². The van der Waals surface area contributed by atoms with Gasteiger partial charge in [-0.15, -0.1) is 0 Å². The Labute approximate surface area is 81.4 Å². The number of phenolic OH excluding ortho intramolecular Hbond substituents is 1. The second kappa shape index (κ2) is 4.28. The van der Waals surface area contributed by atoms with Gasteiger partial charge in [0.05, 0.1) is 5.56 Å². The molecule has 0 atom stereocenters. The van der Waals surface area contributed by atoms with Crippen molar-refractivity contribution in [2.75, 3.05) is 6.61 Å². The maximum Gasteiger partial charge on any atom is 0.339 e. The Morgan fingerprint density at radius 3 is 2.93 bits per heavy atom. The number of rotatable bonds is 2. The predicted molar refractivity (Wildman–Crippen MR) is 48.7 cm³/mol. The fraction of sp³-hybridized carbons (Fsp3) is 0.200. The zero-order valence-corrected chi connectivity index (χ0v) is 7.65. The van der Waals surface area contributed by atoms with Crippen LogP contribution in [0.1, 0.15) is 15.9 Å². The van der Waals surface area contributed by atoms with Gasteiger partial charge in [-0.1, -0.05) is 0 Å². The molecule has 4 heteroatoms. The van der Waals surface area contributed by atoms with Crippen LogP contribution in [0.2, 0.25) is 0 Å². The Hall–Kier alpha value is -2.02. The van der Waals surface area contributed by atoms with Crippen LogP contribution in [-0.2, 0) is 4.74 Å².